The van der Waals surface area contributed by atoms with Crippen molar-refractivity contribution in [3.8, 4) is 5.75 Å². The summed E-state index contributed by atoms with van der Waals surface area (Å²) < 4.78 is 31.1. The summed E-state index contributed by atoms with van der Waals surface area (Å²) in [6, 6.07) is 16.4. The molecular formula is C23H25ClN4O4S. The van der Waals surface area contributed by atoms with Gasteiger partial charge in [0.05, 0.1) is 28.6 Å². The van der Waals surface area contributed by atoms with E-state index in [1.165, 1.54) is 6.07 Å². The zero-order chi connectivity index (χ0) is 23.6. The van der Waals surface area contributed by atoms with E-state index in [2.05, 4.69) is 15.0 Å². The first-order valence-electron chi connectivity index (χ1n) is 10.3. The van der Waals surface area contributed by atoms with Crippen molar-refractivity contribution in [1.29, 1.82) is 0 Å². The molecule has 33 heavy (non-hydrogen) atoms. The maximum Gasteiger partial charge on any atom is 0.229 e. The minimum atomic E-state index is -3.47. The van der Waals surface area contributed by atoms with Gasteiger partial charge < -0.3 is 25.9 Å². The fraction of sp³-hybridized carbons (Fsp3) is 0.217. The second-order valence-corrected chi connectivity index (χ2v) is 9.97. The van der Waals surface area contributed by atoms with Gasteiger partial charge in [0.15, 0.2) is 0 Å². The van der Waals surface area contributed by atoms with E-state index in [1.807, 2.05) is 36.4 Å². The third-order valence-corrected chi connectivity index (χ3v) is 6.07. The van der Waals surface area contributed by atoms with Gasteiger partial charge in [0.25, 0.3) is 0 Å². The smallest absolute Gasteiger partial charge is 0.229 e. The largest absolute Gasteiger partial charge is 0.492 e. The van der Waals surface area contributed by atoms with Crippen LogP contribution in [-0.4, -0.2) is 44.5 Å². The average Bonchev–Trinajstić information content (AvgIpc) is 3.10. The number of halogens is 1. The number of benzene rings is 3. The predicted octanol–water partition coefficient (Wildman–Crippen LogP) is 3.63. The normalized spacial score (nSPS) is 12.8. The summed E-state index contributed by atoms with van der Waals surface area (Å²) in [4.78, 5) is 3.36. The van der Waals surface area contributed by atoms with E-state index in [1.54, 1.807) is 12.1 Å². The van der Waals surface area contributed by atoms with Gasteiger partial charge in [-0.05, 0) is 42.0 Å². The number of aliphatic hydroxyl groups excluding tert-OH is 1. The molecule has 1 aromatic heterocycles. The standard InChI is InChI=1S/C23H25ClN4O4S/c1-33(30,31)28-22-10-14(2-7-19(22)24)23(29)13-26-8-9-32-16-4-6-18-17-5-3-15(25)11-20(17)27-21(18)12-16/h2-7,10-12,23,26-29H,8-9,13,25H2,1H3/t23-/m0/s1. The molecule has 6 N–H and O–H groups in total. The number of ether oxygens (including phenoxy) is 1. The van der Waals surface area contributed by atoms with Gasteiger partial charge in [-0.3, -0.25) is 4.72 Å². The lowest BCUT2D eigenvalue weighted by Gasteiger charge is -2.15. The summed E-state index contributed by atoms with van der Waals surface area (Å²) in [7, 11) is -3.47. The van der Waals surface area contributed by atoms with E-state index in [0.29, 0.717) is 24.4 Å². The van der Waals surface area contributed by atoms with Gasteiger partial charge in [0.2, 0.25) is 10.0 Å². The van der Waals surface area contributed by atoms with Crippen LogP contribution in [0.1, 0.15) is 11.7 Å². The number of aromatic amines is 1. The Morgan fingerprint density at radius 2 is 1.82 bits per heavy atom. The number of nitrogen functional groups attached to an aromatic ring is 1. The van der Waals surface area contributed by atoms with Gasteiger partial charge in [0, 0.05) is 41.1 Å². The van der Waals surface area contributed by atoms with Gasteiger partial charge in [-0.1, -0.05) is 23.7 Å². The molecule has 0 spiro atoms. The van der Waals surface area contributed by atoms with Crippen molar-refractivity contribution in [2.24, 2.45) is 0 Å². The van der Waals surface area contributed by atoms with Crippen LogP contribution in [0.15, 0.2) is 54.6 Å². The Labute approximate surface area is 196 Å². The van der Waals surface area contributed by atoms with Crippen LogP contribution in [0.25, 0.3) is 21.8 Å². The number of hydrogen-bond donors (Lipinski definition) is 5. The number of rotatable bonds is 9. The maximum absolute atomic E-state index is 11.5. The van der Waals surface area contributed by atoms with Gasteiger partial charge >= 0.3 is 0 Å². The third-order valence-electron chi connectivity index (χ3n) is 5.15. The lowest BCUT2D eigenvalue weighted by molar-refractivity contribution is 0.172. The van der Waals surface area contributed by atoms with Gasteiger partial charge in [-0.25, -0.2) is 8.42 Å². The first-order chi connectivity index (χ1) is 15.7. The summed E-state index contributed by atoms with van der Waals surface area (Å²) in [6.07, 6.45) is 0.206. The number of nitrogens with two attached hydrogens (primary N) is 1. The number of anilines is 2. The number of fused-ring (bicyclic) bond motifs is 3. The number of sulfonamides is 1. The van der Waals surface area contributed by atoms with E-state index in [0.717, 1.165) is 33.8 Å². The number of H-pyrrole nitrogens is 1. The minimum absolute atomic E-state index is 0.231. The molecule has 1 heterocycles. The highest BCUT2D eigenvalue weighted by Crippen LogP contribution is 2.29. The van der Waals surface area contributed by atoms with Gasteiger partial charge in [-0.15, -0.1) is 0 Å². The Morgan fingerprint density at radius 1 is 1.09 bits per heavy atom. The fourth-order valence-electron chi connectivity index (χ4n) is 3.62. The summed E-state index contributed by atoms with van der Waals surface area (Å²) in [6.45, 7) is 1.19. The third kappa shape index (κ3) is 5.69. The first-order valence-corrected chi connectivity index (χ1v) is 12.6. The highest BCUT2D eigenvalue weighted by Gasteiger charge is 2.12. The first kappa shape index (κ1) is 23.2. The lowest BCUT2D eigenvalue weighted by atomic mass is 10.1. The molecule has 1 atom stereocenters. The van der Waals surface area contributed by atoms with Gasteiger partial charge in [0.1, 0.15) is 12.4 Å². The molecule has 0 unspecified atom stereocenters. The van der Waals surface area contributed by atoms with Crippen LogP contribution < -0.4 is 20.5 Å². The quantitative estimate of drug-likeness (QED) is 0.181. The topological polar surface area (TPSA) is 129 Å². The molecule has 3 aromatic carbocycles. The van der Waals surface area contributed by atoms with Crippen LogP contribution >= 0.6 is 11.6 Å². The van der Waals surface area contributed by atoms with Crippen LogP contribution in [0.5, 0.6) is 5.75 Å². The second kappa shape index (κ2) is 9.48. The van der Waals surface area contributed by atoms with Crippen LogP contribution in [0.3, 0.4) is 0 Å². The summed E-state index contributed by atoms with van der Waals surface area (Å²) in [5.41, 5.74) is 9.30. The average molecular weight is 489 g/mol. The van der Waals surface area contributed by atoms with E-state index >= 15 is 0 Å². The summed E-state index contributed by atoms with van der Waals surface area (Å²) in [5, 5.41) is 16.0. The van der Waals surface area contributed by atoms with E-state index in [-0.39, 0.29) is 17.3 Å². The van der Waals surface area contributed by atoms with Crippen molar-refractivity contribution in [2.75, 3.05) is 36.4 Å². The summed E-state index contributed by atoms with van der Waals surface area (Å²) >= 11 is 6.03. The Hall–Kier alpha value is -2.98. The molecule has 8 nitrogen and oxygen atoms in total. The Morgan fingerprint density at radius 3 is 2.58 bits per heavy atom. The van der Waals surface area contributed by atoms with E-state index in [4.69, 9.17) is 22.1 Å². The van der Waals surface area contributed by atoms with Crippen LogP contribution in [-0.2, 0) is 10.0 Å². The van der Waals surface area contributed by atoms with Crippen molar-refractivity contribution in [1.82, 2.24) is 10.3 Å². The van der Waals surface area contributed by atoms with Crippen molar-refractivity contribution >= 4 is 54.8 Å². The Bertz CT molecular complexity index is 1400. The Kier molecular flexibility index (Phi) is 6.66. The molecule has 0 fully saturated rings. The molecule has 0 amide bonds. The number of nitrogens with one attached hydrogen (secondary N) is 3. The second-order valence-electron chi connectivity index (χ2n) is 7.82. The lowest BCUT2D eigenvalue weighted by Crippen LogP contribution is -2.26. The SMILES string of the molecule is CS(=O)(=O)Nc1cc([C@@H](O)CNCCOc2ccc3c(c2)[nH]c2cc(N)ccc23)ccc1Cl. The minimum Gasteiger partial charge on any atom is -0.492 e. The molecule has 0 saturated heterocycles. The molecule has 0 radical (unpaired) electrons. The molecule has 4 rings (SSSR count). The zero-order valence-corrected chi connectivity index (χ0v) is 19.5. The van der Waals surface area contributed by atoms with Crippen molar-refractivity contribution in [3.63, 3.8) is 0 Å². The van der Waals surface area contributed by atoms with E-state index in [9.17, 15) is 13.5 Å². The number of aromatic nitrogens is 1. The molecule has 4 aromatic rings. The van der Waals surface area contributed by atoms with E-state index < -0.39 is 16.1 Å². The zero-order valence-electron chi connectivity index (χ0n) is 17.9. The molecule has 10 heteroatoms. The molecule has 174 valence electrons. The highest BCUT2D eigenvalue weighted by molar-refractivity contribution is 7.92. The maximum atomic E-state index is 11.5. The van der Waals surface area contributed by atoms with Crippen molar-refractivity contribution in [3.05, 3.63) is 65.2 Å². The van der Waals surface area contributed by atoms with Crippen molar-refractivity contribution < 1.29 is 18.3 Å². The monoisotopic (exact) mass is 488 g/mol. The molecule has 0 aliphatic carbocycles. The summed E-state index contributed by atoms with van der Waals surface area (Å²) in [5.74, 6) is 0.735. The fourth-order valence-corrected chi connectivity index (χ4v) is 4.41. The molecular weight excluding hydrogens is 464 g/mol. The molecule has 0 aliphatic rings. The van der Waals surface area contributed by atoms with Crippen LogP contribution in [0.2, 0.25) is 5.02 Å². The highest BCUT2D eigenvalue weighted by atomic mass is 35.5. The number of aliphatic hydroxyl groups is 1. The van der Waals surface area contributed by atoms with Crippen molar-refractivity contribution in [2.45, 2.75) is 6.10 Å². The Balaban J connectivity index is 1.30. The molecule has 0 aliphatic heterocycles. The predicted molar refractivity (Wildman–Crippen MR) is 133 cm³/mol. The molecule has 0 bridgehead atoms. The van der Waals surface area contributed by atoms with Crippen LogP contribution in [0, 0.1) is 0 Å². The van der Waals surface area contributed by atoms with Gasteiger partial charge in [-0.2, -0.15) is 0 Å². The van der Waals surface area contributed by atoms with Crippen LogP contribution in [0.4, 0.5) is 11.4 Å². The number of hydrogen-bond acceptors (Lipinski definition) is 6. The molecule has 0 saturated carbocycles.